The molecule has 0 aliphatic carbocycles. The molecule has 0 aromatic carbocycles. The van der Waals surface area contributed by atoms with E-state index < -0.39 is 0 Å². The van der Waals surface area contributed by atoms with Crippen LogP contribution >= 0.6 is 0 Å². The third kappa shape index (κ3) is 397. The van der Waals surface area contributed by atoms with Crippen LogP contribution in [0.15, 0.2) is 0 Å². The topological polar surface area (TPSA) is 101 Å². The molecular formula is C2H16Cl3N3. The predicted molar refractivity (Wildman–Crippen MR) is 25.4 cm³/mol. The molecule has 3 nitrogen and oxygen atoms in total. The summed E-state index contributed by atoms with van der Waals surface area (Å²) in [5, 5.41) is 0. The fraction of sp³-hybridized carbons (Fsp3) is 1.00. The van der Waals surface area contributed by atoms with Gasteiger partial charge < -0.3 is 55.3 Å². The van der Waals surface area contributed by atoms with Crippen LogP contribution in [0.3, 0.4) is 0 Å². The molecule has 0 unspecified atom stereocenters. The van der Waals surface area contributed by atoms with Crippen LogP contribution in [0.25, 0.3) is 0 Å². The van der Waals surface area contributed by atoms with E-state index in [1.165, 1.54) is 0 Å². The summed E-state index contributed by atoms with van der Waals surface area (Å²) in [6.45, 7) is 3.01. The molecule has 0 aliphatic heterocycles. The zero-order chi connectivity index (χ0) is 2.71. The summed E-state index contributed by atoms with van der Waals surface area (Å²) in [4.78, 5) is 0. The molecule has 0 radical (unpaired) electrons. The van der Waals surface area contributed by atoms with Crippen molar-refractivity contribution in [2.75, 3.05) is 6.54 Å². The van der Waals surface area contributed by atoms with Gasteiger partial charge in [0.2, 0.25) is 0 Å². The average molecular weight is 189 g/mol. The van der Waals surface area contributed by atoms with E-state index in [0.717, 1.165) is 6.54 Å². The van der Waals surface area contributed by atoms with Gasteiger partial charge in [0, 0.05) is 0 Å². The van der Waals surface area contributed by atoms with Gasteiger partial charge in [-0.15, -0.1) is 0 Å². The van der Waals surface area contributed by atoms with Gasteiger partial charge in [-0.3, -0.25) is 0 Å². The van der Waals surface area contributed by atoms with Crippen molar-refractivity contribution in [1.82, 2.24) is 12.3 Å². The molecule has 60 valence electrons. The Balaban J connectivity index is -0.00000000200. The quantitative estimate of drug-likeness (QED) is 0.336. The first-order valence-electron chi connectivity index (χ1n) is 1.21. The summed E-state index contributed by atoms with van der Waals surface area (Å²) in [5.74, 6) is 0. The standard InChI is InChI=1S/C2H7N.3ClH.2H3N/c1-2-3;;;;;/h2-3H2,1H3;3*1H;2*1H3. The molecule has 0 amide bonds. The van der Waals surface area contributed by atoms with Crippen LogP contribution < -0.4 is 55.3 Å². The van der Waals surface area contributed by atoms with Gasteiger partial charge in [-0.2, -0.15) is 0 Å². The number of halogens is 3. The molecule has 0 aromatic rings. The Morgan fingerprint density at radius 3 is 1.00 bits per heavy atom. The Bertz CT molecular complexity index is 12.5. The molecule has 6 heteroatoms. The Kier molecular flexibility index (Phi) is 1000. The van der Waals surface area contributed by atoms with E-state index in [9.17, 15) is 0 Å². The fourth-order valence-electron chi connectivity index (χ4n) is 0. The first kappa shape index (κ1) is 69.5. The van der Waals surface area contributed by atoms with Crippen LogP contribution in [0.4, 0.5) is 0 Å². The lowest BCUT2D eigenvalue weighted by molar-refractivity contribution is -0.361. The van der Waals surface area contributed by atoms with E-state index in [1.54, 1.807) is 0 Å². The zero-order valence-corrected chi connectivity index (χ0v) is 7.82. The second kappa shape index (κ2) is 115. The summed E-state index contributed by atoms with van der Waals surface area (Å²) in [6.07, 6.45) is 0. The molecule has 0 bridgehead atoms. The highest BCUT2D eigenvalue weighted by Gasteiger charge is 1.37. The van der Waals surface area contributed by atoms with Crippen LogP contribution in [-0.4, -0.2) is 6.54 Å². The second-order valence-corrected chi connectivity index (χ2v) is 0.500. The number of hydrogen-bond donors (Lipinski definition) is 3. The molecule has 0 heterocycles. The Labute approximate surface area is 69.2 Å². The molecule has 0 aliphatic rings. The van der Waals surface area contributed by atoms with Crippen LogP contribution in [0.5, 0.6) is 0 Å². The number of quaternary nitrogens is 3. The molecule has 0 saturated heterocycles. The van der Waals surface area contributed by atoms with Gasteiger partial charge in [0.15, 0.2) is 0 Å². The van der Waals surface area contributed by atoms with E-state index in [1.807, 2.05) is 6.92 Å². The normalized spacial score (nSPS) is 2.25. The largest absolute Gasteiger partial charge is 1.00 e. The van der Waals surface area contributed by atoms with Crippen molar-refractivity contribution >= 4 is 0 Å². The van der Waals surface area contributed by atoms with Crippen LogP contribution in [0.2, 0.25) is 0 Å². The number of hydrogen-bond acceptors (Lipinski definition) is 0. The zero-order valence-electron chi connectivity index (χ0n) is 5.55. The van der Waals surface area contributed by atoms with E-state index in [2.05, 4.69) is 5.73 Å². The molecule has 8 heavy (non-hydrogen) atoms. The van der Waals surface area contributed by atoms with Gasteiger partial charge in [-0.05, 0) is 6.92 Å². The first-order valence-corrected chi connectivity index (χ1v) is 1.21. The molecular weight excluding hydrogens is 172 g/mol. The minimum Gasteiger partial charge on any atom is -1.00 e. The van der Waals surface area contributed by atoms with Crippen LogP contribution in [-0.2, 0) is 0 Å². The lowest BCUT2D eigenvalue weighted by Gasteiger charge is -1.49. The van der Waals surface area contributed by atoms with Crippen molar-refractivity contribution in [3.8, 4) is 0 Å². The van der Waals surface area contributed by atoms with Gasteiger partial charge in [-0.1, -0.05) is 0 Å². The van der Waals surface area contributed by atoms with E-state index >= 15 is 0 Å². The summed E-state index contributed by atoms with van der Waals surface area (Å²) in [7, 11) is 0. The molecule has 0 atom stereocenters. The molecule has 0 aromatic heterocycles. The first-order chi connectivity index (χ1) is 1.41. The maximum absolute atomic E-state index is 3.49. The van der Waals surface area contributed by atoms with E-state index in [0.29, 0.717) is 0 Å². The van der Waals surface area contributed by atoms with Crippen LogP contribution in [0.1, 0.15) is 6.92 Å². The maximum atomic E-state index is 3.49. The lowest BCUT2D eigenvalue weighted by atomic mass is 10.8. The smallest absolute Gasteiger partial charge is 0.0711 e. The molecule has 0 spiro atoms. The maximum Gasteiger partial charge on any atom is 0.0711 e. The SMILES string of the molecule is CC[NH3+].[Cl-].[Cl-].[Cl-].[NH4+].[NH4+]. The molecule has 11 N–H and O–H groups in total. The molecule has 0 saturated carbocycles. The lowest BCUT2D eigenvalue weighted by Crippen LogP contribution is -3.00. The fourth-order valence-corrected chi connectivity index (χ4v) is 0. The van der Waals surface area contributed by atoms with Gasteiger partial charge in [0.25, 0.3) is 0 Å². The van der Waals surface area contributed by atoms with E-state index in [-0.39, 0.29) is 49.5 Å². The van der Waals surface area contributed by atoms with Crippen molar-refractivity contribution in [2.24, 2.45) is 0 Å². The van der Waals surface area contributed by atoms with Crippen molar-refractivity contribution < 1.29 is 43.0 Å². The van der Waals surface area contributed by atoms with Crippen molar-refractivity contribution in [3.05, 3.63) is 0 Å². The monoisotopic (exact) mass is 187 g/mol. The highest BCUT2D eigenvalue weighted by Crippen LogP contribution is 1.13. The predicted octanol–water partition coefficient (Wildman–Crippen LogP) is -8.99. The summed E-state index contributed by atoms with van der Waals surface area (Å²) < 4.78 is 0. The van der Waals surface area contributed by atoms with Gasteiger partial charge in [0.05, 0.1) is 6.54 Å². The summed E-state index contributed by atoms with van der Waals surface area (Å²) in [5.41, 5.74) is 3.49. The van der Waals surface area contributed by atoms with Gasteiger partial charge >= 0.3 is 0 Å². The Morgan fingerprint density at radius 2 is 1.00 bits per heavy atom. The Hall–Kier alpha value is 0.750. The van der Waals surface area contributed by atoms with Gasteiger partial charge in [0.1, 0.15) is 0 Å². The third-order valence-electron chi connectivity index (χ3n) is 0. The van der Waals surface area contributed by atoms with Crippen LogP contribution in [0, 0.1) is 0 Å². The van der Waals surface area contributed by atoms with Crippen molar-refractivity contribution in [2.45, 2.75) is 6.92 Å². The van der Waals surface area contributed by atoms with Crippen molar-refractivity contribution in [3.63, 3.8) is 0 Å². The average Bonchev–Trinajstić information content (AvgIpc) is 0.918. The minimum atomic E-state index is 0. The highest BCUT2D eigenvalue weighted by molar-refractivity contribution is 3.79. The summed E-state index contributed by atoms with van der Waals surface area (Å²) in [6, 6.07) is 0. The molecule has 0 rings (SSSR count). The number of rotatable bonds is 0. The molecule has 0 fully saturated rings. The Morgan fingerprint density at radius 1 is 1.00 bits per heavy atom. The van der Waals surface area contributed by atoms with Crippen molar-refractivity contribution in [1.29, 1.82) is 0 Å². The van der Waals surface area contributed by atoms with E-state index in [4.69, 9.17) is 0 Å². The highest BCUT2D eigenvalue weighted by atomic mass is 35.5. The second-order valence-electron chi connectivity index (χ2n) is 0.500. The van der Waals surface area contributed by atoms with Gasteiger partial charge in [-0.25, -0.2) is 0 Å². The minimum absolute atomic E-state index is 0. The summed E-state index contributed by atoms with van der Waals surface area (Å²) >= 11 is 0. The third-order valence-corrected chi connectivity index (χ3v) is 0.